The van der Waals surface area contributed by atoms with Crippen LogP contribution in [-0.4, -0.2) is 45.0 Å². The van der Waals surface area contributed by atoms with Gasteiger partial charge < -0.3 is 20.3 Å². The van der Waals surface area contributed by atoms with Crippen molar-refractivity contribution in [2.45, 2.75) is 39.1 Å². The van der Waals surface area contributed by atoms with E-state index in [0.717, 1.165) is 41.0 Å². The molecule has 0 saturated carbocycles. The summed E-state index contributed by atoms with van der Waals surface area (Å²) in [4.78, 5) is 36.6. The number of aromatic nitrogens is 1. The first-order chi connectivity index (χ1) is 16.3. The quantitative estimate of drug-likeness (QED) is 0.427. The number of carboxylic acids is 1. The maximum absolute atomic E-state index is 14.2. The number of fused-ring (bicyclic) bond motifs is 1. The summed E-state index contributed by atoms with van der Waals surface area (Å²) in [6, 6.07) is 5.39. The lowest BCUT2D eigenvalue weighted by Crippen LogP contribution is -2.35. The van der Waals surface area contributed by atoms with Gasteiger partial charge in [-0.15, -0.1) is 13.2 Å². The monoisotopic (exact) mass is 496 g/mol. The normalized spacial score (nSPS) is 12.4. The average molecular weight is 496 g/mol. The number of carbonyl (C=O) groups excluding carboxylic acids is 2. The van der Waals surface area contributed by atoms with Crippen LogP contribution in [0.25, 0.3) is 10.9 Å². The molecule has 1 unspecified atom stereocenters. The fraction of sp³-hybridized carbons (Fsp3) is 0.261. The maximum Gasteiger partial charge on any atom is 0.573 e. The topological polar surface area (TPSA) is 118 Å². The van der Waals surface area contributed by atoms with Gasteiger partial charge in [-0.25, -0.2) is 4.39 Å². The van der Waals surface area contributed by atoms with Gasteiger partial charge in [0.15, 0.2) is 11.6 Å². The van der Waals surface area contributed by atoms with Gasteiger partial charge in [0.25, 0.3) is 5.91 Å². The summed E-state index contributed by atoms with van der Waals surface area (Å²) >= 11 is 0. The van der Waals surface area contributed by atoms with Crippen LogP contribution in [-0.2, 0) is 16.0 Å². The van der Waals surface area contributed by atoms with Gasteiger partial charge in [0.05, 0.1) is 18.4 Å². The fourth-order valence-corrected chi connectivity index (χ4v) is 3.70. The van der Waals surface area contributed by atoms with Crippen molar-refractivity contribution < 1.29 is 46.9 Å². The van der Waals surface area contributed by atoms with Crippen molar-refractivity contribution in [1.82, 2.24) is 9.88 Å². The van der Waals surface area contributed by atoms with Gasteiger partial charge in [0, 0.05) is 28.8 Å². The zero-order chi connectivity index (χ0) is 26.1. The maximum atomic E-state index is 14.2. The molecule has 1 heterocycles. The number of amides is 1. The molecule has 0 fully saturated rings. The Morgan fingerprint density at radius 1 is 1.14 bits per heavy atom. The molecular formula is C23H20F4N2O6. The number of carboxylic acid groups (broad SMARTS) is 1. The molecule has 1 atom stereocenters. The number of aliphatic carboxylic acids is 1. The van der Waals surface area contributed by atoms with Crippen LogP contribution < -0.4 is 10.1 Å². The van der Waals surface area contributed by atoms with Crippen molar-refractivity contribution in [3.8, 4) is 11.5 Å². The van der Waals surface area contributed by atoms with E-state index >= 15 is 0 Å². The van der Waals surface area contributed by atoms with E-state index < -0.39 is 47.5 Å². The number of benzene rings is 2. The summed E-state index contributed by atoms with van der Waals surface area (Å²) in [5.41, 5.74) is 0.492. The van der Waals surface area contributed by atoms with Crippen molar-refractivity contribution in [1.29, 1.82) is 0 Å². The summed E-state index contributed by atoms with van der Waals surface area (Å²) in [7, 11) is 0. The molecule has 0 bridgehead atoms. The number of aromatic hydroxyl groups is 1. The highest BCUT2D eigenvalue weighted by atomic mass is 19.4. The minimum Gasteiger partial charge on any atom is -0.505 e. The van der Waals surface area contributed by atoms with E-state index in [1.807, 2.05) is 0 Å². The lowest BCUT2D eigenvalue weighted by atomic mass is 10.1. The second-order valence-corrected chi connectivity index (χ2v) is 7.84. The second kappa shape index (κ2) is 9.65. The van der Waals surface area contributed by atoms with Gasteiger partial charge in [-0.2, -0.15) is 0 Å². The summed E-state index contributed by atoms with van der Waals surface area (Å²) < 4.78 is 56.2. The Labute approximate surface area is 195 Å². The van der Waals surface area contributed by atoms with Gasteiger partial charge in [-0.3, -0.25) is 19.0 Å². The van der Waals surface area contributed by atoms with Gasteiger partial charge in [-0.1, -0.05) is 0 Å². The lowest BCUT2D eigenvalue weighted by molar-refractivity contribution is -0.274. The van der Waals surface area contributed by atoms with E-state index in [1.54, 1.807) is 0 Å². The number of rotatable bonds is 7. The van der Waals surface area contributed by atoms with Crippen LogP contribution in [0.1, 0.15) is 35.0 Å². The molecule has 1 amide bonds. The first-order valence-corrected chi connectivity index (χ1v) is 10.2. The SMILES string of the molecule is Cc1c(CC(=O)NC(C)CC(=O)O)c2cc(O)c(F)cc2n1C(=O)c1ccc(OC(F)(F)F)cc1. The summed E-state index contributed by atoms with van der Waals surface area (Å²) in [6.45, 7) is 2.98. The van der Waals surface area contributed by atoms with Gasteiger partial charge in [0.1, 0.15) is 5.75 Å². The highest BCUT2D eigenvalue weighted by Gasteiger charge is 2.31. The third-order valence-electron chi connectivity index (χ3n) is 5.17. The molecule has 3 aromatic rings. The number of hydrogen-bond donors (Lipinski definition) is 3. The molecule has 35 heavy (non-hydrogen) atoms. The minimum absolute atomic E-state index is 0.0276. The van der Waals surface area contributed by atoms with E-state index in [9.17, 15) is 37.1 Å². The Bertz CT molecular complexity index is 1300. The Hall–Kier alpha value is -4.09. The molecule has 2 aromatic carbocycles. The van der Waals surface area contributed by atoms with Gasteiger partial charge >= 0.3 is 12.3 Å². The molecule has 186 valence electrons. The van der Waals surface area contributed by atoms with E-state index in [-0.39, 0.29) is 40.6 Å². The van der Waals surface area contributed by atoms with Crippen molar-refractivity contribution in [2.75, 3.05) is 0 Å². The van der Waals surface area contributed by atoms with E-state index in [2.05, 4.69) is 10.1 Å². The third kappa shape index (κ3) is 5.89. The number of nitrogens with zero attached hydrogens (tertiary/aromatic N) is 1. The molecule has 0 saturated heterocycles. The molecule has 1 aromatic heterocycles. The van der Waals surface area contributed by atoms with Crippen LogP contribution in [0.3, 0.4) is 0 Å². The zero-order valence-corrected chi connectivity index (χ0v) is 18.4. The molecule has 8 nitrogen and oxygen atoms in total. The van der Waals surface area contributed by atoms with Crippen LogP contribution in [0.4, 0.5) is 17.6 Å². The number of hydrogen-bond acceptors (Lipinski definition) is 5. The third-order valence-corrected chi connectivity index (χ3v) is 5.17. The highest BCUT2D eigenvalue weighted by Crippen LogP contribution is 2.32. The number of halogens is 4. The van der Waals surface area contributed by atoms with Crippen LogP contribution in [0.5, 0.6) is 11.5 Å². The molecule has 3 N–H and O–H groups in total. The first-order valence-electron chi connectivity index (χ1n) is 10.2. The summed E-state index contributed by atoms with van der Waals surface area (Å²) in [6.07, 6.45) is -5.53. The molecule has 0 spiro atoms. The van der Waals surface area contributed by atoms with Crippen molar-refractivity contribution in [3.63, 3.8) is 0 Å². The highest BCUT2D eigenvalue weighted by molar-refractivity contribution is 6.05. The average Bonchev–Trinajstić information content (AvgIpc) is 2.97. The van der Waals surface area contributed by atoms with E-state index in [0.29, 0.717) is 0 Å². The van der Waals surface area contributed by atoms with Crippen molar-refractivity contribution in [3.05, 3.63) is 59.0 Å². The number of phenols is 1. The largest absolute Gasteiger partial charge is 0.573 e. The predicted octanol–water partition coefficient (Wildman–Crippen LogP) is 3.90. The molecule has 0 radical (unpaired) electrons. The fourth-order valence-electron chi connectivity index (χ4n) is 3.70. The summed E-state index contributed by atoms with van der Waals surface area (Å²) in [5.74, 6) is -4.66. The number of alkyl halides is 3. The Balaban J connectivity index is 2.00. The van der Waals surface area contributed by atoms with E-state index in [4.69, 9.17) is 5.11 Å². The number of nitrogens with one attached hydrogen (secondary N) is 1. The number of carbonyl (C=O) groups is 3. The lowest BCUT2D eigenvalue weighted by Gasteiger charge is -2.12. The summed E-state index contributed by atoms with van der Waals surface area (Å²) in [5, 5.41) is 21.4. The Morgan fingerprint density at radius 3 is 2.34 bits per heavy atom. The Morgan fingerprint density at radius 2 is 1.77 bits per heavy atom. The number of phenolic OH excluding ortho intramolecular Hbond substituents is 1. The molecule has 0 aliphatic carbocycles. The minimum atomic E-state index is -4.91. The standard InChI is InChI=1S/C23H20F4N2O6/c1-11(7-21(32)33)28-20(31)9-15-12(2)29(18-10-17(24)19(30)8-16(15)18)22(34)13-3-5-14(6-4-13)35-23(25,26)27/h3-6,8,10-11,30H,7,9H2,1-2H3,(H,28,31)(H,32,33). The molecule has 3 rings (SSSR count). The van der Waals surface area contributed by atoms with Crippen LogP contribution >= 0.6 is 0 Å². The predicted molar refractivity (Wildman–Crippen MR) is 115 cm³/mol. The van der Waals surface area contributed by atoms with Crippen molar-refractivity contribution >= 4 is 28.7 Å². The molecule has 0 aliphatic rings. The Kier molecular flexibility index (Phi) is 7.04. The molecule has 12 heteroatoms. The van der Waals surface area contributed by atoms with Crippen LogP contribution in [0.2, 0.25) is 0 Å². The van der Waals surface area contributed by atoms with Gasteiger partial charge in [0.2, 0.25) is 5.91 Å². The van der Waals surface area contributed by atoms with E-state index in [1.165, 1.54) is 13.8 Å². The molecular weight excluding hydrogens is 476 g/mol. The van der Waals surface area contributed by atoms with Crippen LogP contribution in [0, 0.1) is 12.7 Å². The zero-order valence-electron chi connectivity index (χ0n) is 18.4. The number of ether oxygens (including phenoxy) is 1. The second-order valence-electron chi connectivity index (χ2n) is 7.84. The van der Waals surface area contributed by atoms with Gasteiger partial charge in [-0.05, 0) is 49.7 Å². The smallest absolute Gasteiger partial charge is 0.505 e. The first kappa shape index (κ1) is 25.5. The molecule has 0 aliphatic heterocycles. The van der Waals surface area contributed by atoms with Crippen molar-refractivity contribution in [2.24, 2.45) is 0 Å². The van der Waals surface area contributed by atoms with Crippen LogP contribution in [0.15, 0.2) is 36.4 Å².